The van der Waals surface area contributed by atoms with Crippen LogP contribution < -0.4 is 0 Å². The third kappa shape index (κ3) is 2.61. The smallest absolute Gasteiger partial charge is 0.241 e. The zero-order valence-corrected chi connectivity index (χ0v) is 12.8. The van der Waals surface area contributed by atoms with Crippen molar-refractivity contribution >= 4 is 20.9 Å². The van der Waals surface area contributed by atoms with E-state index in [-0.39, 0.29) is 10.4 Å². The van der Waals surface area contributed by atoms with E-state index in [1.165, 1.54) is 31.3 Å². The van der Waals surface area contributed by atoms with Gasteiger partial charge in [-0.1, -0.05) is 18.2 Å². The Balaban J connectivity index is 2.30. The van der Waals surface area contributed by atoms with Gasteiger partial charge in [0.15, 0.2) is 0 Å². The highest BCUT2D eigenvalue weighted by Gasteiger charge is 2.32. The van der Waals surface area contributed by atoms with E-state index in [0.29, 0.717) is 10.9 Å². The molecule has 7 heteroatoms. The van der Waals surface area contributed by atoms with E-state index in [1.807, 2.05) is 0 Å². The van der Waals surface area contributed by atoms with Gasteiger partial charge < -0.3 is 0 Å². The van der Waals surface area contributed by atoms with Crippen molar-refractivity contribution in [1.29, 1.82) is 0 Å². The van der Waals surface area contributed by atoms with Crippen LogP contribution in [0.15, 0.2) is 59.6 Å². The first-order valence-corrected chi connectivity index (χ1v) is 8.15. The lowest BCUT2D eigenvalue weighted by Crippen LogP contribution is -2.12. The molecule has 0 atom stereocenters. The normalized spacial score (nSPS) is 12.7. The zero-order chi connectivity index (χ0) is 16.8. The first-order valence-electron chi connectivity index (χ1n) is 6.71. The Hall–Kier alpha value is -2.28. The summed E-state index contributed by atoms with van der Waals surface area (Å²) in [6.45, 7) is 1.52. The van der Waals surface area contributed by atoms with Crippen LogP contribution in [-0.2, 0) is 16.2 Å². The fourth-order valence-electron chi connectivity index (χ4n) is 2.48. The molecule has 0 bridgehead atoms. The summed E-state index contributed by atoms with van der Waals surface area (Å²) in [5.74, 6) is 0. The maximum atomic E-state index is 13.0. The molecule has 1 aromatic heterocycles. The van der Waals surface area contributed by atoms with Crippen molar-refractivity contribution in [3.8, 4) is 0 Å². The lowest BCUT2D eigenvalue weighted by Gasteiger charge is -2.11. The topological polar surface area (TPSA) is 39.1 Å². The largest absolute Gasteiger partial charge is 0.416 e. The maximum absolute atomic E-state index is 13.0. The van der Waals surface area contributed by atoms with Gasteiger partial charge in [0.25, 0.3) is 10.0 Å². The molecule has 0 aliphatic carbocycles. The predicted molar refractivity (Wildman–Crippen MR) is 80.7 cm³/mol. The Bertz CT molecular complexity index is 974. The highest BCUT2D eigenvalue weighted by atomic mass is 32.2. The van der Waals surface area contributed by atoms with Gasteiger partial charge in [0.05, 0.1) is 16.0 Å². The lowest BCUT2D eigenvalue weighted by molar-refractivity contribution is -0.137. The minimum absolute atomic E-state index is 0.0150. The summed E-state index contributed by atoms with van der Waals surface area (Å²) in [6, 6.07) is 11.0. The molecular weight excluding hydrogens is 327 g/mol. The van der Waals surface area contributed by atoms with Crippen LogP contribution >= 0.6 is 0 Å². The third-order valence-corrected chi connectivity index (χ3v) is 5.31. The quantitative estimate of drug-likeness (QED) is 0.702. The third-order valence-electron chi connectivity index (χ3n) is 3.61. The molecule has 3 aromatic rings. The average Bonchev–Trinajstić information content (AvgIpc) is 2.92. The number of halogens is 3. The van der Waals surface area contributed by atoms with Crippen LogP contribution in [0.1, 0.15) is 11.1 Å². The summed E-state index contributed by atoms with van der Waals surface area (Å²) in [5, 5.41) is 0.470. The van der Waals surface area contributed by atoms with Crippen molar-refractivity contribution in [1.82, 2.24) is 3.97 Å². The van der Waals surface area contributed by atoms with Crippen LogP contribution in [0, 0.1) is 6.92 Å². The molecule has 0 radical (unpaired) electrons. The monoisotopic (exact) mass is 339 g/mol. The summed E-state index contributed by atoms with van der Waals surface area (Å²) >= 11 is 0. The van der Waals surface area contributed by atoms with Crippen LogP contribution in [0.5, 0.6) is 0 Å². The Kier molecular flexibility index (Phi) is 3.48. The van der Waals surface area contributed by atoms with Gasteiger partial charge in [0.1, 0.15) is 0 Å². The van der Waals surface area contributed by atoms with Crippen molar-refractivity contribution in [2.75, 3.05) is 0 Å². The van der Waals surface area contributed by atoms with E-state index in [9.17, 15) is 21.6 Å². The molecule has 0 amide bonds. The van der Waals surface area contributed by atoms with Gasteiger partial charge in [-0.3, -0.25) is 0 Å². The molecule has 3 rings (SSSR count). The Morgan fingerprint density at radius 3 is 2.26 bits per heavy atom. The van der Waals surface area contributed by atoms with E-state index < -0.39 is 21.8 Å². The van der Waals surface area contributed by atoms with Crippen molar-refractivity contribution in [3.05, 3.63) is 65.9 Å². The first-order chi connectivity index (χ1) is 10.7. The van der Waals surface area contributed by atoms with E-state index in [4.69, 9.17) is 0 Å². The second kappa shape index (κ2) is 5.13. The van der Waals surface area contributed by atoms with E-state index in [1.54, 1.807) is 18.2 Å². The molecule has 0 spiro atoms. The Labute approximate surface area is 131 Å². The number of hydrogen-bond acceptors (Lipinski definition) is 2. The van der Waals surface area contributed by atoms with Crippen molar-refractivity contribution < 1.29 is 21.6 Å². The standard InChI is InChI=1S/C16H12F3NO2S/c1-11-9-12(16(17,18)19)10-15-14(11)7-8-20(15)23(21,22)13-5-3-2-4-6-13/h2-10H,1H3. The SMILES string of the molecule is Cc1cc(C(F)(F)F)cc2c1ccn2S(=O)(=O)c1ccccc1. The molecule has 3 nitrogen and oxygen atoms in total. The molecule has 0 unspecified atom stereocenters. The second-order valence-corrected chi connectivity index (χ2v) is 6.97. The molecule has 1 heterocycles. The summed E-state index contributed by atoms with van der Waals surface area (Å²) in [5.41, 5.74) is -0.483. The number of aryl methyl sites for hydroxylation is 1. The summed E-state index contributed by atoms with van der Waals surface area (Å²) < 4.78 is 65.2. The minimum Gasteiger partial charge on any atom is -0.241 e. The number of fused-ring (bicyclic) bond motifs is 1. The van der Waals surface area contributed by atoms with Gasteiger partial charge in [0.2, 0.25) is 0 Å². The van der Waals surface area contributed by atoms with Gasteiger partial charge in [-0.2, -0.15) is 13.2 Å². The fraction of sp³-hybridized carbons (Fsp3) is 0.125. The van der Waals surface area contributed by atoms with Crippen molar-refractivity contribution in [3.63, 3.8) is 0 Å². The second-order valence-electron chi connectivity index (χ2n) is 5.15. The van der Waals surface area contributed by atoms with E-state index >= 15 is 0 Å². The minimum atomic E-state index is -4.54. The summed E-state index contributed by atoms with van der Waals surface area (Å²) in [6.07, 6.45) is -3.26. The van der Waals surface area contributed by atoms with Crippen LogP contribution in [0.25, 0.3) is 10.9 Å². The molecular formula is C16H12F3NO2S. The number of rotatable bonds is 2. The number of aromatic nitrogens is 1. The summed E-state index contributed by atoms with van der Waals surface area (Å²) in [7, 11) is -3.95. The highest BCUT2D eigenvalue weighted by Crippen LogP contribution is 2.34. The van der Waals surface area contributed by atoms with E-state index in [0.717, 1.165) is 16.1 Å². The Morgan fingerprint density at radius 2 is 1.65 bits per heavy atom. The lowest BCUT2D eigenvalue weighted by atomic mass is 10.1. The number of alkyl halides is 3. The fourth-order valence-corrected chi connectivity index (χ4v) is 3.84. The molecule has 0 N–H and O–H groups in total. The molecule has 120 valence electrons. The zero-order valence-electron chi connectivity index (χ0n) is 12.0. The average molecular weight is 339 g/mol. The Morgan fingerprint density at radius 1 is 1.00 bits per heavy atom. The summed E-state index contributed by atoms with van der Waals surface area (Å²) in [4.78, 5) is 0.0209. The van der Waals surface area contributed by atoms with Gasteiger partial charge in [-0.25, -0.2) is 12.4 Å². The molecule has 0 aliphatic rings. The van der Waals surface area contributed by atoms with Crippen LogP contribution in [-0.4, -0.2) is 12.4 Å². The first kappa shape index (κ1) is 15.6. The van der Waals surface area contributed by atoms with Gasteiger partial charge in [0, 0.05) is 11.6 Å². The van der Waals surface area contributed by atoms with Gasteiger partial charge in [-0.05, 0) is 42.8 Å². The maximum Gasteiger partial charge on any atom is 0.416 e. The van der Waals surface area contributed by atoms with Gasteiger partial charge >= 0.3 is 6.18 Å². The number of benzene rings is 2. The van der Waals surface area contributed by atoms with Crippen LogP contribution in [0.3, 0.4) is 0 Å². The highest BCUT2D eigenvalue weighted by molar-refractivity contribution is 7.90. The van der Waals surface area contributed by atoms with Crippen molar-refractivity contribution in [2.24, 2.45) is 0 Å². The van der Waals surface area contributed by atoms with E-state index in [2.05, 4.69) is 0 Å². The molecule has 0 aliphatic heterocycles. The van der Waals surface area contributed by atoms with Crippen molar-refractivity contribution in [2.45, 2.75) is 18.0 Å². The molecule has 0 saturated carbocycles. The molecule has 2 aromatic carbocycles. The van der Waals surface area contributed by atoms with Crippen LogP contribution in [0.2, 0.25) is 0 Å². The van der Waals surface area contributed by atoms with Crippen LogP contribution in [0.4, 0.5) is 13.2 Å². The number of hydrogen-bond donors (Lipinski definition) is 0. The number of nitrogens with zero attached hydrogens (tertiary/aromatic N) is 1. The molecule has 0 saturated heterocycles. The van der Waals surface area contributed by atoms with Gasteiger partial charge in [-0.15, -0.1) is 0 Å². The molecule has 0 fully saturated rings. The molecule has 23 heavy (non-hydrogen) atoms. The predicted octanol–water partition coefficient (Wildman–Crippen LogP) is 4.21.